The lowest BCUT2D eigenvalue weighted by molar-refractivity contribution is 0.148. The van der Waals surface area contributed by atoms with Gasteiger partial charge in [-0.15, -0.1) is 0 Å². The van der Waals surface area contributed by atoms with E-state index < -0.39 is 0 Å². The first kappa shape index (κ1) is 14.5. The van der Waals surface area contributed by atoms with E-state index in [0.29, 0.717) is 0 Å². The summed E-state index contributed by atoms with van der Waals surface area (Å²) < 4.78 is 2.17. The topological polar surface area (TPSA) is 36.3 Å². The van der Waals surface area contributed by atoms with Gasteiger partial charge in [-0.1, -0.05) is 0 Å². The second-order valence-electron chi connectivity index (χ2n) is 5.55. The minimum Gasteiger partial charge on any atom is -0.316 e. The van der Waals surface area contributed by atoms with E-state index in [9.17, 15) is 0 Å². The Morgan fingerprint density at radius 1 is 1.11 bits per heavy atom. The van der Waals surface area contributed by atoms with Crippen LogP contribution in [0.25, 0.3) is 0 Å². The number of hydrogen-bond acceptors (Lipinski definition) is 4. The molecule has 1 aromatic rings. The lowest BCUT2D eigenvalue weighted by Gasteiger charge is -2.32. The Morgan fingerprint density at radius 2 is 1.79 bits per heavy atom. The van der Waals surface area contributed by atoms with Crippen molar-refractivity contribution >= 4 is 0 Å². The van der Waals surface area contributed by atoms with Gasteiger partial charge in [0.15, 0.2) is 0 Å². The summed E-state index contributed by atoms with van der Waals surface area (Å²) in [5.74, 6) is 0. The van der Waals surface area contributed by atoms with E-state index in [4.69, 9.17) is 0 Å². The zero-order valence-electron chi connectivity index (χ0n) is 12.7. The molecule has 1 aromatic heterocycles. The minimum absolute atomic E-state index is 0.909. The van der Waals surface area contributed by atoms with Crippen LogP contribution in [0.5, 0.6) is 0 Å². The van der Waals surface area contributed by atoms with Gasteiger partial charge in [0.2, 0.25) is 0 Å². The largest absolute Gasteiger partial charge is 0.316 e. The van der Waals surface area contributed by atoms with Crippen LogP contribution in [0.4, 0.5) is 0 Å². The summed E-state index contributed by atoms with van der Waals surface area (Å²) in [4.78, 5) is 4.93. The fraction of sp³-hybridized carbons (Fsp3) is 0.786. The molecule has 1 aliphatic heterocycles. The van der Waals surface area contributed by atoms with E-state index >= 15 is 0 Å². The van der Waals surface area contributed by atoms with E-state index in [1.807, 2.05) is 7.05 Å². The maximum atomic E-state index is 4.67. The Bertz CT molecular complexity index is 404. The molecule has 0 radical (unpaired) electrons. The van der Waals surface area contributed by atoms with Crippen LogP contribution in [0.15, 0.2) is 0 Å². The number of nitrogens with one attached hydrogen (secondary N) is 1. The fourth-order valence-corrected chi connectivity index (χ4v) is 2.69. The van der Waals surface area contributed by atoms with Crippen molar-refractivity contribution < 1.29 is 0 Å². The van der Waals surface area contributed by atoms with Crippen LogP contribution in [0, 0.1) is 13.8 Å². The van der Waals surface area contributed by atoms with E-state index in [-0.39, 0.29) is 0 Å². The van der Waals surface area contributed by atoms with Crippen molar-refractivity contribution in [2.75, 3.05) is 46.8 Å². The zero-order chi connectivity index (χ0) is 13.8. The molecule has 0 amide bonds. The van der Waals surface area contributed by atoms with Gasteiger partial charge in [-0.25, -0.2) is 0 Å². The predicted molar refractivity (Wildman–Crippen MR) is 78.4 cm³/mol. The van der Waals surface area contributed by atoms with Crippen molar-refractivity contribution in [1.29, 1.82) is 0 Å². The maximum Gasteiger partial charge on any atom is 0.0641 e. The van der Waals surface area contributed by atoms with Gasteiger partial charge in [0, 0.05) is 50.5 Å². The number of rotatable bonds is 5. The Labute approximate surface area is 116 Å². The number of hydrogen-bond donors (Lipinski definition) is 1. The Kier molecular flexibility index (Phi) is 4.96. The second-order valence-corrected chi connectivity index (χ2v) is 5.55. The van der Waals surface area contributed by atoms with Gasteiger partial charge in [-0.05, 0) is 27.9 Å². The summed E-state index contributed by atoms with van der Waals surface area (Å²) in [6, 6.07) is 0. The molecule has 1 N–H and O–H groups in total. The van der Waals surface area contributed by atoms with E-state index in [1.165, 1.54) is 37.4 Å². The number of likely N-dealkylation sites (N-methyl/N-ethyl adjacent to an activating group) is 1. The summed E-state index contributed by atoms with van der Waals surface area (Å²) >= 11 is 0. The smallest absolute Gasteiger partial charge is 0.0641 e. The minimum atomic E-state index is 0.909. The average molecular weight is 265 g/mol. The second kappa shape index (κ2) is 6.50. The van der Waals surface area contributed by atoms with Crippen LogP contribution in [0.3, 0.4) is 0 Å². The van der Waals surface area contributed by atoms with Crippen molar-refractivity contribution in [1.82, 2.24) is 24.9 Å². The maximum absolute atomic E-state index is 4.67. The standard InChI is InChI=1S/C14H27N5/c1-12-14(11-15-3)13(2)19(16-12)10-9-18-7-5-17(4)6-8-18/h15H,5-11H2,1-4H3. The van der Waals surface area contributed by atoms with Crippen molar-refractivity contribution in [3.63, 3.8) is 0 Å². The molecule has 1 fully saturated rings. The summed E-state index contributed by atoms with van der Waals surface area (Å²) in [6.07, 6.45) is 0. The molecule has 108 valence electrons. The Balaban J connectivity index is 1.91. The molecule has 0 spiro atoms. The Hall–Kier alpha value is -0.910. The van der Waals surface area contributed by atoms with Crippen molar-refractivity contribution in [2.45, 2.75) is 26.9 Å². The third-order valence-corrected chi connectivity index (χ3v) is 4.11. The lowest BCUT2D eigenvalue weighted by atomic mass is 10.2. The highest BCUT2D eigenvalue weighted by atomic mass is 15.3. The van der Waals surface area contributed by atoms with Crippen LogP contribution in [0.2, 0.25) is 0 Å². The molecular weight excluding hydrogens is 238 g/mol. The first-order chi connectivity index (χ1) is 9.11. The molecule has 19 heavy (non-hydrogen) atoms. The van der Waals surface area contributed by atoms with Crippen LogP contribution >= 0.6 is 0 Å². The molecule has 5 nitrogen and oxygen atoms in total. The van der Waals surface area contributed by atoms with Crippen molar-refractivity contribution in [2.24, 2.45) is 0 Å². The van der Waals surface area contributed by atoms with Crippen molar-refractivity contribution in [3.8, 4) is 0 Å². The third-order valence-electron chi connectivity index (χ3n) is 4.11. The number of aromatic nitrogens is 2. The van der Waals surface area contributed by atoms with E-state index in [0.717, 1.165) is 25.3 Å². The van der Waals surface area contributed by atoms with Gasteiger partial charge >= 0.3 is 0 Å². The van der Waals surface area contributed by atoms with Gasteiger partial charge in [-0.3, -0.25) is 9.58 Å². The van der Waals surface area contributed by atoms with Gasteiger partial charge in [0.25, 0.3) is 0 Å². The monoisotopic (exact) mass is 265 g/mol. The molecule has 5 heteroatoms. The fourth-order valence-electron chi connectivity index (χ4n) is 2.69. The predicted octanol–water partition coefficient (Wildman–Crippen LogP) is 0.467. The molecule has 0 bridgehead atoms. The quantitative estimate of drug-likeness (QED) is 0.839. The molecule has 1 saturated heterocycles. The van der Waals surface area contributed by atoms with Crippen LogP contribution in [0.1, 0.15) is 17.0 Å². The summed E-state index contributed by atoms with van der Waals surface area (Å²) in [6.45, 7) is 12.0. The Morgan fingerprint density at radius 3 is 2.42 bits per heavy atom. The number of piperazine rings is 1. The van der Waals surface area contributed by atoms with E-state index in [2.05, 4.69) is 45.8 Å². The van der Waals surface area contributed by atoms with E-state index in [1.54, 1.807) is 0 Å². The summed E-state index contributed by atoms with van der Waals surface area (Å²) in [7, 11) is 4.18. The first-order valence-corrected chi connectivity index (χ1v) is 7.20. The molecule has 0 aliphatic carbocycles. The average Bonchev–Trinajstić information content (AvgIpc) is 2.66. The van der Waals surface area contributed by atoms with Crippen molar-refractivity contribution in [3.05, 3.63) is 17.0 Å². The number of nitrogens with zero attached hydrogens (tertiary/aromatic N) is 4. The molecule has 0 atom stereocenters. The van der Waals surface area contributed by atoms with Gasteiger partial charge in [-0.2, -0.15) is 5.10 Å². The molecule has 2 rings (SSSR count). The molecular formula is C14H27N5. The highest BCUT2D eigenvalue weighted by Crippen LogP contribution is 2.12. The molecule has 2 heterocycles. The molecule has 0 saturated carbocycles. The molecule has 0 unspecified atom stereocenters. The highest BCUT2D eigenvalue weighted by molar-refractivity contribution is 5.24. The normalized spacial score (nSPS) is 18.1. The van der Waals surface area contributed by atoms with Gasteiger partial charge in [0.05, 0.1) is 12.2 Å². The van der Waals surface area contributed by atoms with Gasteiger partial charge < -0.3 is 10.2 Å². The first-order valence-electron chi connectivity index (χ1n) is 7.20. The SMILES string of the molecule is CNCc1c(C)nn(CCN2CCN(C)CC2)c1C. The summed E-state index contributed by atoms with van der Waals surface area (Å²) in [5, 5.41) is 7.89. The third kappa shape index (κ3) is 3.55. The van der Waals surface area contributed by atoms with Gasteiger partial charge in [0.1, 0.15) is 0 Å². The number of aryl methyl sites for hydroxylation is 1. The van der Waals surface area contributed by atoms with Crippen LogP contribution < -0.4 is 5.32 Å². The lowest BCUT2D eigenvalue weighted by Crippen LogP contribution is -2.45. The molecule has 0 aromatic carbocycles. The highest BCUT2D eigenvalue weighted by Gasteiger charge is 2.15. The molecule has 1 aliphatic rings. The van der Waals surface area contributed by atoms with Crippen LogP contribution in [-0.4, -0.2) is 66.4 Å². The zero-order valence-corrected chi connectivity index (χ0v) is 12.7. The van der Waals surface area contributed by atoms with Crippen LogP contribution in [-0.2, 0) is 13.1 Å². The summed E-state index contributed by atoms with van der Waals surface area (Å²) in [5.41, 5.74) is 3.81.